The van der Waals surface area contributed by atoms with Crippen LogP contribution < -0.4 is 21.1 Å². The molecule has 0 aromatic heterocycles. The van der Waals surface area contributed by atoms with Crippen LogP contribution in [0.25, 0.3) is 0 Å². The monoisotopic (exact) mass is 275 g/mol. The second-order valence-corrected chi connectivity index (χ2v) is 4.24. The van der Waals surface area contributed by atoms with Crippen molar-refractivity contribution in [2.45, 2.75) is 18.8 Å². The molecule has 1 aliphatic heterocycles. The van der Waals surface area contributed by atoms with E-state index >= 15 is 0 Å². The molecule has 0 bridgehead atoms. The molecule has 0 saturated carbocycles. The number of nitrogens with zero attached hydrogens (tertiary/aromatic N) is 1. The van der Waals surface area contributed by atoms with Crippen LogP contribution in [0.1, 0.15) is 6.42 Å². The summed E-state index contributed by atoms with van der Waals surface area (Å²) in [6.07, 6.45) is -4.65. The van der Waals surface area contributed by atoms with Gasteiger partial charge in [-0.15, -0.1) is 13.2 Å². The maximum atomic E-state index is 12.1. The number of amides is 1. The fourth-order valence-corrected chi connectivity index (χ4v) is 1.92. The maximum absolute atomic E-state index is 12.1. The van der Waals surface area contributed by atoms with Gasteiger partial charge in [0.05, 0.1) is 11.4 Å². The van der Waals surface area contributed by atoms with E-state index in [1.54, 1.807) is 0 Å². The van der Waals surface area contributed by atoms with Gasteiger partial charge in [0, 0.05) is 25.1 Å². The maximum Gasteiger partial charge on any atom is 0.573 e. The number of nitrogen functional groups attached to an aromatic ring is 1. The summed E-state index contributed by atoms with van der Waals surface area (Å²) in [4.78, 5) is 12.9. The first-order valence-electron chi connectivity index (χ1n) is 5.47. The molecule has 1 aliphatic rings. The predicted molar refractivity (Wildman–Crippen MR) is 62.5 cm³/mol. The number of carbonyl (C=O) groups is 1. The molecule has 2 rings (SSSR count). The van der Waals surface area contributed by atoms with Crippen LogP contribution >= 0.6 is 0 Å². The molecule has 0 spiro atoms. The lowest BCUT2D eigenvalue weighted by Gasteiger charge is -2.19. The van der Waals surface area contributed by atoms with Gasteiger partial charge in [-0.3, -0.25) is 4.79 Å². The average molecular weight is 275 g/mol. The summed E-state index contributed by atoms with van der Waals surface area (Å²) in [5, 5.41) is 0. The van der Waals surface area contributed by atoms with Gasteiger partial charge < -0.3 is 21.1 Å². The zero-order valence-corrected chi connectivity index (χ0v) is 9.78. The minimum Gasteiger partial charge on any atom is -0.406 e. The Hall–Kier alpha value is -1.96. The highest BCUT2D eigenvalue weighted by molar-refractivity contribution is 5.99. The van der Waals surface area contributed by atoms with E-state index in [9.17, 15) is 18.0 Å². The van der Waals surface area contributed by atoms with E-state index in [1.807, 2.05) is 0 Å². The first-order valence-corrected chi connectivity index (χ1v) is 5.47. The van der Waals surface area contributed by atoms with Crippen LogP contribution in [-0.4, -0.2) is 24.9 Å². The van der Waals surface area contributed by atoms with Crippen molar-refractivity contribution in [3.8, 4) is 5.75 Å². The summed E-state index contributed by atoms with van der Waals surface area (Å²) in [7, 11) is 0. The lowest BCUT2D eigenvalue weighted by molar-refractivity contribution is -0.274. The molecule has 1 aromatic rings. The van der Waals surface area contributed by atoms with Gasteiger partial charge in [0.15, 0.2) is 0 Å². The number of benzene rings is 1. The SMILES string of the molecule is Nc1ccc(OC(F)(F)F)cc1N1CC(N)CC1=O. The highest BCUT2D eigenvalue weighted by atomic mass is 19.4. The summed E-state index contributed by atoms with van der Waals surface area (Å²) < 4.78 is 40.2. The minimum atomic E-state index is -4.79. The van der Waals surface area contributed by atoms with Crippen LogP contribution in [0.2, 0.25) is 0 Å². The van der Waals surface area contributed by atoms with Crippen molar-refractivity contribution in [2.24, 2.45) is 5.73 Å². The smallest absolute Gasteiger partial charge is 0.406 e. The number of anilines is 2. The van der Waals surface area contributed by atoms with E-state index in [4.69, 9.17) is 11.5 Å². The standard InChI is InChI=1S/C11H12F3N3O2/c12-11(13,14)19-7-1-2-8(16)9(4-7)17-5-6(15)3-10(17)18/h1-2,4,6H,3,5,15-16H2. The average Bonchev–Trinajstić information content (AvgIpc) is 2.58. The number of ether oxygens (including phenoxy) is 1. The van der Waals surface area contributed by atoms with Gasteiger partial charge >= 0.3 is 6.36 Å². The Kier molecular flexibility index (Phi) is 3.27. The number of carbonyl (C=O) groups excluding carboxylic acids is 1. The zero-order valence-electron chi connectivity index (χ0n) is 9.78. The Labute approximate surface area is 106 Å². The van der Waals surface area contributed by atoms with Gasteiger partial charge in [0.2, 0.25) is 5.91 Å². The number of hydrogen-bond acceptors (Lipinski definition) is 4. The van der Waals surface area contributed by atoms with Gasteiger partial charge in [0.25, 0.3) is 0 Å². The Morgan fingerprint density at radius 1 is 1.37 bits per heavy atom. The van der Waals surface area contributed by atoms with Crippen molar-refractivity contribution in [3.05, 3.63) is 18.2 Å². The van der Waals surface area contributed by atoms with Crippen molar-refractivity contribution in [1.82, 2.24) is 0 Å². The lowest BCUT2D eigenvalue weighted by Crippen LogP contribution is -2.28. The topological polar surface area (TPSA) is 81.6 Å². The number of hydrogen-bond donors (Lipinski definition) is 2. The van der Waals surface area contributed by atoms with E-state index in [2.05, 4.69) is 4.74 Å². The lowest BCUT2D eigenvalue weighted by atomic mass is 10.2. The predicted octanol–water partition coefficient (Wildman–Crippen LogP) is 1.23. The van der Waals surface area contributed by atoms with Crippen LogP contribution in [0.3, 0.4) is 0 Å². The molecule has 1 heterocycles. The Morgan fingerprint density at radius 2 is 2.05 bits per heavy atom. The molecule has 1 unspecified atom stereocenters. The second-order valence-electron chi connectivity index (χ2n) is 4.24. The van der Waals surface area contributed by atoms with E-state index < -0.39 is 12.1 Å². The highest BCUT2D eigenvalue weighted by Crippen LogP contribution is 2.33. The van der Waals surface area contributed by atoms with Crippen molar-refractivity contribution in [3.63, 3.8) is 0 Å². The van der Waals surface area contributed by atoms with Gasteiger partial charge in [-0.05, 0) is 12.1 Å². The Morgan fingerprint density at radius 3 is 2.58 bits per heavy atom. The van der Waals surface area contributed by atoms with E-state index in [0.717, 1.165) is 12.1 Å². The first-order chi connectivity index (χ1) is 8.76. The van der Waals surface area contributed by atoms with E-state index in [1.165, 1.54) is 11.0 Å². The van der Waals surface area contributed by atoms with Gasteiger partial charge in [-0.1, -0.05) is 0 Å². The molecule has 104 valence electrons. The van der Waals surface area contributed by atoms with Crippen molar-refractivity contribution >= 4 is 17.3 Å². The van der Waals surface area contributed by atoms with Gasteiger partial charge in [-0.2, -0.15) is 0 Å². The third-order valence-electron chi connectivity index (χ3n) is 2.68. The Bertz CT molecular complexity index is 504. The van der Waals surface area contributed by atoms with Crippen LogP contribution in [0.4, 0.5) is 24.5 Å². The molecule has 1 fully saturated rings. The summed E-state index contributed by atoms with van der Waals surface area (Å²) in [5.74, 6) is -0.701. The van der Waals surface area contributed by atoms with Crippen LogP contribution in [0, 0.1) is 0 Å². The van der Waals surface area contributed by atoms with E-state index in [-0.39, 0.29) is 36.3 Å². The first kappa shape index (κ1) is 13.5. The summed E-state index contributed by atoms with van der Waals surface area (Å²) in [5.41, 5.74) is 11.7. The molecule has 5 nitrogen and oxygen atoms in total. The summed E-state index contributed by atoms with van der Waals surface area (Å²) in [6.45, 7) is 0.221. The highest BCUT2D eigenvalue weighted by Gasteiger charge is 2.33. The minimum absolute atomic E-state index is 0.143. The molecule has 1 atom stereocenters. The van der Waals surface area contributed by atoms with Crippen LogP contribution in [0.15, 0.2) is 18.2 Å². The summed E-state index contributed by atoms with van der Waals surface area (Å²) in [6, 6.07) is 3.08. The van der Waals surface area contributed by atoms with Gasteiger partial charge in [0.1, 0.15) is 5.75 Å². The molecule has 0 aliphatic carbocycles. The van der Waals surface area contributed by atoms with Crippen LogP contribution in [0.5, 0.6) is 5.75 Å². The number of alkyl halides is 3. The van der Waals surface area contributed by atoms with Crippen molar-refractivity contribution in [2.75, 3.05) is 17.2 Å². The molecular weight excluding hydrogens is 263 g/mol. The third kappa shape index (κ3) is 3.08. The fraction of sp³-hybridized carbons (Fsp3) is 0.364. The molecule has 19 heavy (non-hydrogen) atoms. The molecule has 1 aromatic carbocycles. The van der Waals surface area contributed by atoms with Crippen molar-refractivity contribution < 1.29 is 22.7 Å². The quantitative estimate of drug-likeness (QED) is 0.795. The Balaban J connectivity index is 2.30. The molecule has 8 heteroatoms. The molecule has 1 saturated heterocycles. The van der Waals surface area contributed by atoms with E-state index in [0.29, 0.717) is 0 Å². The number of nitrogens with two attached hydrogens (primary N) is 2. The van der Waals surface area contributed by atoms with Gasteiger partial charge in [-0.25, -0.2) is 0 Å². The largest absolute Gasteiger partial charge is 0.573 e. The number of rotatable bonds is 2. The zero-order chi connectivity index (χ0) is 14.2. The summed E-state index contributed by atoms with van der Waals surface area (Å²) >= 11 is 0. The van der Waals surface area contributed by atoms with Crippen LogP contribution in [-0.2, 0) is 4.79 Å². The number of halogens is 3. The molecular formula is C11H12F3N3O2. The second kappa shape index (κ2) is 4.61. The molecule has 0 radical (unpaired) electrons. The third-order valence-corrected chi connectivity index (χ3v) is 2.68. The fourth-order valence-electron chi connectivity index (χ4n) is 1.92. The van der Waals surface area contributed by atoms with Crippen molar-refractivity contribution in [1.29, 1.82) is 0 Å². The molecule has 4 N–H and O–H groups in total. The normalized spacial score (nSPS) is 19.9. The molecule has 1 amide bonds.